The van der Waals surface area contributed by atoms with Gasteiger partial charge in [-0.05, 0) is 31.5 Å². The van der Waals surface area contributed by atoms with Crippen molar-refractivity contribution in [1.29, 1.82) is 0 Å². The predicted octanol–water partition coefficient (Wildman–Crippen LogP) is 2.77. The van der Waals surface area contributed by atoms with Gasteiger partial charge in [0.25, 0.3) is 0 Å². The molecule has 0 spiro atoms. The summed E-state index contributed by atoms with van der Waals surface area (Å²) in [6.07, 6.45) is 1.85. The van der Waals surface area contributed by atoms with Crippen LogP contribution in [0.4, 0.5) is 0 Å². The van der Waals surface area contributed by atoms with Crippen LogP contribution < -0.4 is 4.74 Å². The number of rotatable bonds is 6. The molecule has 1 aromatic carbocycles. The number of hydrogen-bond acceptors (Lipinski definition) is 3. The van der Waals surface area contributed by atoms with Gasteiger partial charge in [-0.3, -0.25) is 4.79 Å². The SMILES string of the molecule is CCCCOc1ccc(C(C)=O)cc1C(=O)O. The molecule has 0 heterocycles. The Bertz CT molecular complexity index is 423. The van der Waals surface area contributed by atoms with Crippen molar-refractivity contribution in [1.82, 2.24) is 0 Å². The Morgan fingerprint density at radius 2 is 2.06 bits per heavy atom. The van der Waals surface area contributed by atoms with Crippen molar-refractivity contribution < 1.29 is 19.4 Å². The van der Waals surface area contributed by atoms with Crippen molar-refractivity contribution in [2.75, 3.05) is 6.61 Å². The lowest BCUT2D eigenvalue weighted by molar-refractivity contribution is 0.0692. The van der Waals surface area contributed by atoms with E-state index in [0.29, 0.717) is 17.9 Å². The van der Waals surface area contributed by atoms with Crippen LogP contribution >= 0.6 is 0 Å². The zero-order valence-corrected chi connectivity index (χ0v) is 10.0. The zero-order valence-electron chi connectivity index (χ0n) is 10.0. The lowest BCUT2D eigenvalue weighted by Crippen LogP contribution is -2.06. The molecule has 4 heteroatoms. The Hall–Kier alpha value is -1.84. The fourth-order valence-electron chi connectivity index (χ4n) is 1.37. The summed E-state index contributed by atoms with van der Waals surface area (Å²) < 4.78 is 5.38. The van der Waals surface area contributed by atoms with E-state index in [9.17, 15) is 9.59 Å². The van der Waals surface area contributed by atoms with Gasteiger partial charge in [-0.15, -0.1) is 0 Å². The fourth-order valence-corrected chi connectivity index (χ4v) is 1.37. The minimum Gasteiger partial charge on any atom is -0.493 e. The molecule has 0 unspecified atom stereocenters. The van der Waals surface area contributed by atoms with E-state index in [2.05, 4.69) is 0 Å². The second-order valence-corrected chi connectivity index (χ2v) is 3.77. The first-order chi connectivity index (χ1) is 8.06. The molecule has 0 saturated carbocycles. The fraction of sp³-hybridized carbons (Fsp3) is 0.385. The van der Waals surface area contributed by atoms with Crippen molar-refractivity contribution in [3.8, 4) is 5.75 Å². The van der Waals surface area contributed by atoms with Crippen LogP contribution in [-0.2, 0) is 0 Å². The Kier molecular flexibility index (Phi) is 4.69. The summed E-state index contributed by atoms with van der Waals surface area (Å²) in [6.45, 7) is 3.91. The summed E-state index contributed by atoms with van der Waals surface area (Å²) in [7, 11) is 0. The number of carboxylic acid groups (broad SMARTS) is 1. The minimum absolute atomic E-state index is 0.0359. The smallest absolute Gasteiger partial charge is 0.339 e. The van der Waals surface area contributed by atoms with Gasteiger partial charge < -0.3 is 9.84 Å². The summed E-state index contributed by atoms with van der Waals surface area (Å²) >= 11 is 0. The normalized spacial score (nSPS) is 10.0. The highest BCUT2D eigenvalue weighted by Gasteiger charge is 2.13. The van der Waals surface area contributed by atoms with Gasteiger partial charge in [0.15, 0.2) is 5.78 Å². The van der Waals surface area contributed by atoms with E-state index in [1.54, 1.807) is 6.07 Å². The molecule has 1 rings (SSSR count). The number of carboxylic acids is 1. The molecule has 4 nitrogen and oxygen atoms in total. The lowest BCUT2D eigenvalue weighted by atomic mass is 10.1. The highest BCUT2D eigenvalue weighted by atomic mass is 16.5. The van der Waals surface area contributed by atoms with Gasteiger partial charge in [0.1, 0.15) is 11.3 Å². The summed E-state index contributed by atoms with van der Waals surface area (Å²) in [5.74, 6) is -0.928. The molecule has 0 bridgehead atoms. The average molecular weight is 236 g/mol. The first kappa shape index (κ1) is 13.2. The molecule has 0 radical (unpaired) electrons. The first-order valence-electron chi connectivity index (χ1n) is 5.57. The van der Waals surface area contributed by atoms with Crippen molar-refractivity contribution in [2.24, 2.45) is 0 Å². The van der Waals surface area contributed by atoms with Crippen LogP contribution in [0.3, 0.4) is 0 Å². The van der Waals surface area contributed by atoms with Crippen LogP contribution in [0.2, 0.25) is 0 Å². The van der Waals surface area contributed by atoms with Crippen LogP contribution in [0.15, 0.2) is 18.2 Å². The maximum absolute atomic E-state index is 11.2. The van der Waals surface area contributed by atoms with Gasteiger partial charge in [0, 0.05) is 5.56 Å². The molecule has 0 fully saturated rings. The number of Topliss-reactive ketones (excluding diaryl/α,β-unsaturated/α-hetero) is 1. The Morgan fingerprint density at radius 1 is 1.35 bits per heavy atom. The van der Waals surface area contributed by atoms with Gasteiger partial charge in [0.2, 0.25) is 0 Å². The van der Waals surface area contributed by atoms with Crippen LogP contribution in [0.5, 0.6) is 5.75 Å². The Labute approximate surface area is 100 Å². The van der Waals surface area contributed by atoms with Crippen molar-refractivity contribution in [3.63, 3.8) is 0 Å². The van der Waals surface area contributed by atoms with E-state index >= 15 is 0 Å². The number of ketones is 1. The van der Waals surface area contributed by atoms with E-state index in [-0.39, 0.29) is 11.3 Å². The zero-order chi connectivity index (χ0) is 12.8. The molecule has 17 heavy (non-hydrogen) atoms. The van der Waals surface area contributed by atoms with Gasteiger partial charge in [-0.1, -0.05) is 13.3 Å². The summed E-state index contributed by atoms with van der Waals surface area (Å²) in [5, 5.41) is 9.04. The molecular formula is C13H16O4. The molecule has 0 atom stereocenters. The summed E-state index contributed by atoms with van der Waals surface area (Å²) in [6, 6.07) is 4.47. The molecule has 92 valence electrons. The van der Waals surface area contributed by atoms with Crippen molar-refractivity contribution >= 4 is 11.8 Å². The van der Waals surface area contributed by atoms with Crippen LogP contribution in [-0.4, -0.2) is 23.5 Å². The highest BCUT2D eigenvalue weighted by Crippen LogP contribution is 2.21. The maximum Gasteiger partial charge on any atom is 0.339 e. The number of carbonyl (C=O) groups excluding carboxylic acids is 1. The standard InChI is InChI=1S/C13H16O4/c1-3-4-7-17-12-6-5-10(9(2)14)8-11(12)13(15)16/h5-6,8H,3-4,7H2,1-2H3,(H,15,16). The van der Waals surface area contributed by atoms with Crippen LogP contribution in [0.25, 0.3) is 0 Å². The molecule has 0 aliphatic carbocycles. The van der Waals surface area contributed by atoms with Crippen LogP contribution in [0, 0.1) is 0 Å². The molecular weight excluding hydrogens is 220 g/mol. The number of hydrogen-bond donors (Lipinski definition) is 1. The molecule has 0 amide bonds. The van der Waals surface area contributed by atoms with E-state index in [1.165, 1.54) is 19.1 Å². The van der Waals surface area contributed by atoms with Gasteiger partial charge >= 0.3 is 5.97 Å². The number of carbonyl (C=O) groups is 2. The van der Waals surface area contributed by atoms with Crippen molar-refractivity contribution in [3.05, 3.63) is 29.3 Å². The van der Waals surface area contributed by atoms with E-state index < -0.39 is 5.97 Å². The number of ether oxygens (including phenoxy) is 1. The predicted molar refractivity (Wildman–Crippen MR) is 63.8 cm³/mol. The third-order valence-corrected chi connectivity index (χ3v) is 2.37. The van der Waals surface area contributed by atoms with Gasteiger partial charge in [-0.25, -0.2) is 4.79 Å². The first-order valence-corrected chi connectivity index (χ1v) is 5.57. The van der Waals surface area contributed by atoms with E-state index in [1.807, 2.05) is 6.92 Å². The molecule has 0 aliphatic rings. The number of aromatic carboxylic acids is 1. The number of unbranched alkanes of at least 4 members (excludes halogenated alkanes) is 1. The third-order valence-electron chi connectivity index (χ3n) is 2.37. The molecule has 0 saturated heterocycles. The molecule has 1 N–H and O–H groups in total. The molecule has 0 aliphatic heterocycles. The van der Waals surface area contributed by atoms with Gasteiger partial charge in [-0.2, -0.15) is 0 Å². The number of benzene rings is 1. The lowest BCUT2D eigenvalue weighted by Gasteiger charge is -2.09. The molecule has 0 aromatic heterocycles. The van der Waals surface area contributed by atoms with E-state index in [0.717, 1.165) is 12.8 Å². The Balaban J connectivity index is 2.96. The monoisotopic (exact) mass is 236 g/mol. The summed E-state index contributed by atoms with van der Waals surface area (Å²) in [5.41, 5.74) is 0.416. The van der Waals surface area contributed by atoms with Crippen LogP contribution in [0.1, 0.15) is 47.4 Å². The van der Waals surface area contributed by atoms with E-state index in [4.69, 9.17) is 9.84 Å². The van der Waals surface area contributed by atoms with Crippen molar-refractivity contribution in [2.45, 2.75) is 26.7 Å². The third kappa shape index (κ3) is 3.59. The van der Waals surface area contributed by atoms with Gasteiger partial charge in [0.05, 0.1) is 6.61 Å². The second-order valence-electron chi connectivity index (χ2n) is 3.77. The maximum atomic E-state index is 11.2. The quantitative estimate of drug-likeness (QED) is 0.609. The second kappa shape index (κ2) is 6.03. The topological polar surface area (TPSA) is 63.6 Å². The Morgan fingerprint density at radius 3 is 2.59 bits per heavy atom. The highest BCUT2D eigenvalue weighted by molar-refractivity contribution is 5.98. The largest absolute Gasteiger partial charge is 0.493 e. The average Bonchev–Trinajstić information content (AvgIpc) is 2.29. The minimum atomic E-state index is -1.08. The summed E-state index contributed by atoms with van der Waals surface area (Å²) in [4.78, 5) is 22.2. The molecule has 1 aromatic rings.